The van der Waals surface area contributed by atoms with Gasteiger partial charge in [-0.15, -0.1) is 0 Å². The minimum Gasteiger partial charge on any atom is -0.395 e. The van der Waals surface area contributed by atoms with Crippen LogP contribution in [0.3, 0.4) is 0 Å². The lowest BCUT2D eigenvalue weighted by Crippen LogP contribution is -2.46. The van der Waals surface area contributed by atoms with Crippen molar-refractivity contribution < 1.29 is 5.11 Å². The normalized spacial score (nSPS) is 31.2. The van der Waals surface area contributed by atoms with Crippen LogP contribution < -0.4 is 5.73 Å². The first-order valence-corrected chi connectivity index (χ1v) is 6.12. The molecule has 2 fully saturated rings. The van der Waals surface area contributed by atoms with Crippen LogP contribution in [0.1, 0.15) is 19.3 Å². The molecule has 1 unspecified atom stereocenters. The lowest BCUT2D eigenvalue weighted by molar-refractivity contribution is 0.147. The van der Waals surface area contributed by atoms with Crippen LogP contribution in [-0.4, -0.2) is 66.3 Å². The zero-order valence-corrected chi connectivity index (χ0v) is 9.44. The third-order valence-electron chi connectivity index (χ3n) is 3.75. The highest BCUT2D eigenvalue weighted by atomic mass is 16.3. The maximum Gasteiger partial charge on any atom is 0.0558 e. The maximum atomic E-state index is 8.89. The number of aliphatic hydroxyl groups is 1. The van der Waals surface area contributed by atoms with E-state index in [1.54, 1.807) is 0 Å². The minimum atomic E-state index is 0.289. The van der Waals surface area contributed by atoms with Crippen LogP contribution in [-0.2, 0) is 0 Å². The Labute approximate surface area is 92.0 Å². The van der Waals surface area contributed by atoms with E-state index in [1.165, 1.54) is 19.5 Å². The van der Waals surface area contributed by atoms with Gasteiger partial charge in [-0.3, -0.25) is 9.80 Å². The third kappa shape index (κ3) is 2.91. The summed E-state index contributed by atoms with van der Waals surface area (Å²) in [6, 6.07) is 1.14. The number of rotatable bonds is 3. The van der Waals surface area contributed by atoms with Gasteiger partial charge in [0.1, 0.15) is 0 Å². The van der Waals surface area contributed by atoms with Crippen molar-refractivity contribution in [2.75, 3.05) is 39.3 Å². The van der Waals surface area contributed by atoms with Gasteiger partial charge in [-0.25, -0.2) is 0 Å². The molecule has 0 radical (unpaired) electrons. The summed E-state index contributed by atoms with van der Waals surface area (Å²) < 4.78 is 0. The Kier molecular flexibility index (Phi) is 3.97. The van der Waals surface area contributed by atoms with Crippen LogP contribution >= 0.6 is 0 Å². The Morgan fingerprint density at radius 1 is 1.13 bits per heavy atom. The van der Waals surface area contributed by atoms with E-state index in [0.717, 1.165) is 32.5 Å². The molecule has 1 atom stereocenters. The average molecular weight is 213 g/mol. The molecule has 2 aliphatic heterocycles. The quantitative estimate of drug-likeness (QED) is 0.662. The highest BCUT2D eigenvalue weighted by Gasteiger charge is 2.29. The molecule has 0 saturated carbocycles. The van der Waals surface area contributed by atoms with Gasteiger partial charge in [0.2, 0.25) is 0 Å². The van der Waals surface area contributed by atoms with E-state index in [9.17, 15) is 0 Å². The molecular weight excluding hydrogens is 190 g/mol. The highest BCUT2D eigenvalue weighted by Crippen LogP contribution is 2.19. The van der Waals surface area contributed by atoms with Crippen molar-refractivity contribution >= 4 is 0 Å². The van der Waals surface area contributed by atoms with Gasteiger partial charge in [-0.1, -0.05) is 0 Å². The summed E-state index contributed by atoms with van der Waals surface area (Å²) in [5.41, 5.74) is 5.90. The molecule has 0 bridgehead atoms. The Bertz CT molecular complexity index is 192. The Balaban J connectivity index is 1.75. The van der Waals surface area contributed by atoms with E-state index in [4.69, 9.17) is 10.8 Å². The van der Waals surface area contributed by atoms with Crippen LogP contribution in [0.2, 0.25) is 0 Å². The standard InChI is InChI=1S/C11H23N3O/c12-10-1-5-14(6-2-10)11-3-4-13(9-11)7-8-15/h10-11,15H,1-9,12H2. The van der Waals surface area contributed by atoms with E-state index in [0.29, 0.717) is 12.1 Å². The highest BCUT2D eigenvalue weighted by molar-refractivity contribution is 4.86. The van der Waals surface area contributed by atoms with Gasteiger partial charge in [-0.05, 0) is 38.9 Å². The molecule has 2 saturated heterocycles. The zero-order valence-electron chi connectivity index (χ0n) is 9.44. The minimum absolute atomic E-state index is 0.289. The first-order valence-electron chi connectivity index (χ1n) is 6.12. The molecule has 4 nitrogen and oxygen atoms in total. The van der Waals surface area contributed by atoms with Crippen LogP contribution in [0.15, 0.2) is 0 Å². The van der Waals surface area contributed by atoms with Gasteiger partial charge < -0.3 is 10.8 Å². The van der Waals surface area contributed by atoms with Gasteiger partial charge >= 0.3 is 0 Å². The molecule has 0 amide bonds. The summed E-state index contributed by atoms with van der Waals surface area (Å²) >= 11 is 0. The zero-order chi connectivity index (χ0) is 10.7. The second kappa shape index (κ2) is 5.25. The predicted molar refractivity (Wildman–Crippen MR) is 60.7 cm³/mol. The van der Waals surface area contributed by atoms with Crippen LogP contribution in [0.25, 0.3) is 0 Å². The molecule has 3 N–H and O–H groups in total. The molecule has 0 aromatic rings. The number of aliphatic hydroxyl groups excluding tert-OH is 1. The number of piperidine rings is 1. The monoisotopic (exact) mass is 213 g/mol. The molecule has 2 heterocycles. The molecule has 2 aliphatic rings. The third-order valence-corrected chi connectivity index (χ3v) is 3.75. The fourth-order valence-corrected chi connectivity index (χ4v) is 2.74. The number of nitrogens with zero attached hydrogens (tertiary/aromatic N) is 2. The van der Waals surface area contributed by atoms with E-state index in [1.807, 2.05) is 0 Å². The van der Waals surface area contributed by atoms with E-state index in [-0.39, 0.29) is 6.61 Å². The van der Waals surface area contributed by atoms with E-state index in [2.05, 4.69) is 9.80 Å². The fraction of sp³-hybridized carbons (Fsp3) is 1.00. The molecule has 15 heavy (non-hydrogen) atoms. The molecule has 4 heteroatoms. The second-order valence-electron chi connectivity index (χ2n) is 4.84. The fourth-order valence-electron chi connectivity index (χ4n) is 2.74. The molecular formula is C11H23N3O. The van der Waals surface area contributed by atoms with Gasteiger partial charge in [0.05, 0.1) is 6.61 Å². The van der Waals surface area contributed by atoms with Gasteiger partial charge in [-0.2, -0.15) is 0 Å². The first kappa shape index (κ1) is 11.3. The van der Waals surface area contributed by atoms with Crippen molar-refractivity contribution in [3.05, 3.63) is 0 Å². The number of β-amino-alcohol motifs (C(OH)–C–C–N with tert-alkyl or cyclic N) is 1. The van der Waals surface area contributed by atoms with Crippen LogP contribution in [0.5, 0.6) is 0 Å². The number of likely N-dealkylation sites (tertiary alicyclic amines) is 2. The lowest BCUT2D eigenvalue weighted by atomic mass is 10.0. The lowest BCUT2D eigenvalue weighted by Gasteiger charge is -2.34. The van der Waals surface area contributed by atoms with E-state index >= 15 is 0 Å². The van der Waals surface area contributed by atoms with Gasteiger partial charge in [0.25, 0.3) is 0 Å². The summed E-state index contributed by atoms with van der Waals surface area (Å²) in [4.78, 5) is 4.94. The Morgan fingerprint density at radius 3 is 2.53 bits per heavy atom. The van der Waals surface area contributed by atoms with Crippen molar-refractivity contribution in [1.29, 1.82) is 0 Å². The average Bonchev–Trinajstić information content (AvgIpc) is 2.68. The van der Waals surface area contributed by atoms with E-state index < -0.39 is 0 Å². The van der Waals surface area contributed by atoms with Crippen molar-refractivity contribution in [2.45, 2.75) is 31.3 Å². The smallest absolute Gasteiger partial charge is 0.0558 e. The largest absolute Gasteiger partial charge is 0.395 e. The summed E-state index contributed by atoms with van der Waals surface area (Å²) in [6.07, 6.45) is 3.56. The molecule has 0 spiro atoms. The molecule has 88 valence electrons. The molecule has 2 rings (SSSR count). The summed E-state index contributed by atoms with van der Waals surface area (Å²) in [5, 5.41) is 8.89. The summed E-state index contributed by atoms with van der Waals surface area (Å²) in [5.74, 6) is 0. The number of nitrogens with two attached hydrogens (primary N) is 1. The number of hydrogen-bond donors (Lipinski definition) is 2. The Hall–Kier alpha value is -0.160. The maximum absolute atomic E-state index is 8.89. The van der Waals surface area contributed by atoms with Gasteiger partial charge in [0, 0.05) is 25.2 Å². The SMILES string of the molecule is NC1CCN(C2CCN(CCO)C2)CC1. The van der Waals surface area contributed by atoms with Crippen molar-refractivity contribution in [2.24, 2.45) is 5.73 Å². The topological polar surface area (TPSA) is 52.7 Å². The van der Waals surface area contributed by atoms with Crippen LogP contribution in [0, 0.1) is 0 Å². The van der Waals surface area contributed by atoms with Crippen LogP contribution in [0.4, 0.5) is 0 Å². The van der Waals surface area contributed by atoms with Crippen molar-refractivity contribution in [3.8, 4) is 0 Å². The Morgan fingerprint density at radius 2 is 1.87 bits per heavy atom. The van der Waals surface area contributed by atoms with Crippen molar-refractivity contribution in [3.63, 3.8) is 0 Å². The van der Waals surface area contributed by atoms with Crippen molar-refractivity contribution in [1.82, 2.24) is 9.80 Å². The summed E-state index contributed by atoms with van der Waals surface area (Å²) in [6.45, 7) is 5.74. The van der Waals surface area contributed by atoms with Gasteiger partial charge in [0.15, 0.2) is 0 Å². The second-order valence-corrected chi connectivity index (χ2v) is 4.84. The predicted octanol–water partition coefficient (Wildman–Crippen LogP) is -0.524. The molecule has 0 aliphatic carbocycles. The molecule has 0 aromatic carbocycles. The number of hydrogen-bond acceptors (Lipinski definition) is 4. The molecule has 0 aromatic heterocycles. The first-order chi connectivity index (χ1) is 7.29. The summed E-state index contributed by atoms with van der Waals surface area (Å²) in [7, 11) is 0.